The molecule has 0 aliphatic carbocycles. The van der Waals surface area contributed by atoms with Crippen LogP contribution in [0.25, 0.3) is 21.6 Å². The van der Waals surface area contributed by atoms with Crippen LogP contribution in [0.15, 0.2) is 77.6 Å². The number of hydrogen-bond acceptors (Lipinski definition) is 7. The highest BCUT2D eigenvalue weighted by Gasteiger charge is 2.16. The van der Waals surface area contributed by atoms with Gasteiger partial charge in [0.05, 0.1) is 16.6 Å². The molecule has 1 amide bonds. The second-order valence-electron chi connectivity index (χ2n) is 6.52. The normalized spacial score (nSPS) is 10.9. The summed E-state index contributed by atoms with van der Waals surface area (Å²) in [5.74, 6) is 0.721. The molecule has 0 bridgehead atoms. The Morgan fingerprint density at radius 2 is 1.77 bits per heavy atom. The topological polar surface area (TPSA) is 93.8 Å². The first-order valence-corrected chi connectivity index (χ1v) is 10.1. The van der Waals surface area contributed by atoms with Crippen LogP contribution in [0.4, 0.5) is 5.69 Å². The lowest BCUT2D eigenvalue weighted by Gasteiger charge is -2.08. The Bertz CT molecular complexity index is 1300. The van der Waals surface area contributed by atoms with Crippen LogP contribution in [0.3, 0.4) is 0 Å². The molecular weight excluding hydrogens is 398 g/mol. The molecule has 146 valence electrons. The van der Waals surface area contributed by atoms with Crippen LogP contribution < -0.4 is 5.32 Å². The molecule has 5 rings (SSSR count). The first-order chi connectivity index (χ1) is 14.8. The number of aromatic nitrogens is 4. The quantitative estimate of drug-likeness (QED) is 0.453. The molecule has 30 heavy (non-hydrogen) atoms. The third-order valence-corrected chi connectivity index (χ3v) is 5.54. The van der Waals surface area contributed by atoms with E-state index in [1.54, 1.807) is 12.4 Å². The van der Waals surface area contributed by atoms with Crippen molar-refractivity contribution >= 4 is 33.1 Å². The summed E-state index contributed by atoms with van der Waals surface area (Å²) in [6, 6.07) is 18.9. The van der Waals surface area contributed by atoms with Crippen molar-refractivity contribution in [3.63, 3.8) is 0 Å². The fourth-order valence-corrected chi connectivity index (χ4v) is 3.91. The average Bonchev–Trinajstić information content (AvgIpc) is 3.43. The highest BCUT2D eigenvalue weighted by molar-refractivity contribution is 7.20. The van der Waals surface area contributed by atoms with Crippen molar-refractivity contribution in [3.05, 3.63) is 89.5 Å². The summed E-state index contributed by atoms with van der Waals surface area (Å²) in [7, 11) is 0. The zero-order valence-electron chi connectivity index (χ0n) is 15.6. The monoisotopic (exact) mass is 413 g/mol. The van der Waals surface area contributed by atoms with Crippen LogP contribution in [-0.4, -0.2) is 26.0 Å². The number of hydrogen-bond donors (Lipinski definition) is 1. The lowest BCUT2D eigenvalue weighted by molar-refractivity contribution is 0.102. The van der Waals surface area contributed by atoms with Crippen LogP contribution in [0, 0.1) is 0 Å². The molecule has 0 aliphatic heterocycles. The minimum atomic E-state index is -0.244. The zero-order chi connectivity index (χ0) is 20.3. The standard InChI is InChI=1S/C22H15N5O2S/c28-21(22-25-17-7-3-4-8-18(17)30-22)24-16-6-2-1-5-15(16)13-19-26-20(27-29-19)14-9-11-23-12-10-14/h1-12H,13H2,(H,24,28). The molecule has 0 spiro atoms. The molecule has 2 aromatic carbocycles. The van der Waals surface area contributed by atoms with Crippen molar-refractivity contribution < 1.29 is 9.32 Å². The van der Waals surface area contributed by atoms with Crippen molar-refractivity contribution in [1.29, 1.82) is 0 Å². The molecule has 5 aromatic rings. The summed E-state index contributed by atoms with van der Waals surface area (Å²) in [6.45, 7) is 0. The Morgan fingerprint density at radius 1 is 0.967 bits per heavy atom. The summed E-state index contributed by atoms with van der Waals surface area (Å²) < 4.78 is 6.38. The predicted octanol–water partition coefficient (Wildman–Crippen LogP) is 4.58. The van der Waals surface area contributed by atoms with Crippen LogP contribution in [0.5, 0.6) is 0 Å². The van der Waals surface area contributed by atoms with E-state index in [9.17, 15) is 4.79 Å². The minimum absolute atomic E-state index is 0.244. The van der Waals surface area contributed by atoms with Crippen molar-refractivity contribution in [2.75, 3.05) is 5.32 Å². The van der Waals surface area contributed by atoms with E-state index in [0.717, 1.165) is 21.3 Å². The van der Waals surface area contributed by atoms with E-state index in [1.807, 2.05) is 60.7 Å². The number of nitrogens with one attached hydrogen (secondary N) is 1. The SMILES string of the molecule is O=C(Nc1ccccc1Cc1nc(-c2ccncc2)no1)c1nc2ccccc2s1. The summed E-state index contributed by atoms with van der Waals surface area (Å²) >= 11 is 1.37. The van der Waals surface area contributed by atoms with Gasteiger partial charge in [-0.1, -0.05) is 35.5 Å². The number of benzene rings is 2. The first kappa shape index (κ1) is 18.1. The maximum atomic E-state index is 12.8. The number of carbonyl (C=O) groups is 1. The number of pyridine rings is 1. The molecular formula is C22H15N5O2S. The molecule has 3 aromatic heterocycles. The Kier molecular flexibility index (Phi) is 4.74. The maximum absolute atomic E-state index is 12.8. The molecule has 0 fully saturated rings. The van der Waals surface area contributed by atoms with Crippen molar-refractivity contribution in [1.82, 2.24) is 20.1 Å². The van der Waals surface area contributed by atoms with Gasteiger partial charge in [-0.2, -0.15) is 4.98 Å². The number of para-hydroxylation sites is 2. The molecule has 0 radical (unpaired) electrons. The van der Waals surface area contributed by atoms with Gasteiger partial charge in [0.1, 0.15) is 0 Å². The lowest BCUT2D eigenvalue weighted by atomic mass is 10.1. The molecule has 0 atom stereocenters. The van der Waals surface area contributed by atoms with Gasteiger partial charge in [-0.05, 0) is 35.9 Å². The number of nitrogens with zero attached hydrogens (tertiary/aromatic N) is 4. The van der Waals surface area contributed by atoms with Crippen molar-refractivity contribution in [3.8, 4) is 11.4 Å². The fraction of sp³-hybridized carbons (Fsp3) is 0.0455. The summed E-state index contributed by atoms with van der Waals surface area (Å²) in [4.78, 5) is 25.6. The van der Waals surface area contributed by atoms with Crippen LogP contribution in [0.1, 0.15) is 21.3 Å². The summed E-state index contributed by atoms with van der Waals surface area (Å²) in [5, 5.41) is 7.41. The van der Waals surface area contributed by atoms with E-state index in [-0.39, 0.29) is 5.91 Å². The van der Waals surface area contributed by atoms with Gasteiger partial charge in [0.25, 0.3) is 5.91 Å². The Morgan fingerprint density at radius 3 is 2.63 bits per heavy atom. The Hall–Kier alpha value is -3.91. The molecule has 3 heterocycles. The van der Waals surface area contributed by atoms with Crippen LogP contribution >= 0.6 is 11.3 Å². The third-order valence-electron chi connectivity index (χ3n) is 4.50. The maximum Gasteiger partial charge on any atom is 0.284 e. The van der Waals surface area contributed by atoms with Crippen molar-refractivity contribution in [2.24, 2.45) is 0 Å². The van der Waals surface area contributed by atoms with Crippen LogP contribution in [0.2, 0.25) is 0 Å². The third kappa shape index (κ3) is 3.68. The number of amides is 1. The fourth-order valence-electron chi connectivity index (χ4n) is 3.05. The predicted molar refractivity (Wildman–Crippen MR) is 114 cm³/mol. The Labute approximate surface area is 175 Å². The minimum Gasteiger partial charge on any atom is -0.339 e. The van der Waals surface area contributed by atoms with Gasteiger partial charge in [-0.3, -0.25) is 9.78 Å². The molecule has 0 saturated heterocycles. The Balaban J connectivity index is 1.37. The summed E-state index contributed by atoms with van der Waals surface area (Å²) in [6.07, 6.45) is 3.75. The van der Waals surface area contributed by atoms with E-state index in [2.05, 4.69) is 25.4 Å². The van der Waals surface area contributed by atoms with Gasteiger partial charge in [0, 0.05) is 23.6 Å². The molecule has 0 saturated carbocycles. The van der Waals surface area contributed by atoms with E-state index < -0.39 is 0 Å². The van der Waals surface area contributed by atoms with E-state index in [0.29, 0.717) is 28.8 Å². The van der Waals surface area contributed by atoms with Gasteiger partial charge in [0.2, 0.25) is 11.7 Å². The summed E-state index contributed by atoms with van der Waals surface area (Å²) in [5.41, 5.74) is 3.20. The van der Waals surface area contributed by atoms with Crippen molar-refractivity contribution in [2.45, 2.75) is 6.42 Å². The second-order valence-corrected chi connectivity index (χ2v) is 7.55. The number of anilines is 1. The highest BCUT2D eigenvalue weighted by atomic mass is 32.1. The highest BCUT2D eigenvalue weighted by Crippen LogP contribution is 2.24. The second kappa shape index (κ2) is 7.84. The number of rotatable bonds is 5. The lowest BCUT2D eigenvalue weighted by Crippen LogP contribution is -2.13. The van der Waals surface area contributed by atoms with Gasteiger partial charge < -0.3 is 9.84 Å². The van der Waals surface area contributed by atoms with E-state index >= 15 is 0 Å². The number of fused-ring (bicyclic) bond motifs is 1. The van der Waals surface area contributed by atoms with E-state index in [1.165, 1.54) is 11.3 Å². The van der Waals surface area contributed by atoms with Gasteiger partial charge in [-0.15, -0.1) is 11.3 Å². The van der Waals surface area contributed by atoms with E-state index in [4.69, 9.17) is 4.52 Å². The van der Waals surface area contributed by atoms with Gasteiger partial charge >= 0.3 is 0 Å². The first-order valence-electron chi connectivity index (χ1n) is 9.24. The van der Waals surface area contributed by atoms with Crippen LogP contribution in [-0.2, 0) is 6.42 Å². The zero-order valence-corrected chi connectivity index (χ0v) is 16.5. The van der Waals surface area contributed by atoms with Gasteiger partial charge in [-0.25, -0.2) is 4.98 Å². The molecule has 8 heteroatoms. The molecule has 0 aliphatic rings. The molecule has 1 N–H and O–H groups in total. The average molecular weight is 413 g/mol. The molecule has 0 unspecified atom stereocenters. The smallest absolute Gasteiger partial charge is 0.284 e. The van der Waals surface area contributed by atoms with Gasteiger partial charge in [0.15, 0.2) is 5.01 Å². The largest absolute Gasteiger partial charge is 0.339 e. The molecule has 7 nitrogen and oxygen atoms in total. The number of thiazole rings is 1. The number of carbonyl (C=O) groups excluding carboxylic acids is 1.